The maximum absolute atomic E-state index is 10.9. The molecule has 0 bridgehead atoms. The molecule has 0 spiro atoms. The van der Waals surface area contributed by atoms with Gasteiger partial charge in [-0.2, -0.15) is 0 Å². The van der Waals surface area contributed by atoms with E-state index in [9.17, 15) is 4.79 Å². The van der Waals surface area contributed by atoms with Gasteiger partial charge in [-0.25, -0.2) is 0 Å². The zero-order chi connectivity index (χ0) is 10.8. The molecule has 0 aliphatic carbocycles. The molecule has 0 fully saturated rings. The van der Waals surface area contributed by atoms with Crippen LogP contribution in [0.2, 0.25) is 0 Å². The number of hydrogen-bond donors (Lipinski definition) is 0. The molecule has 0 aromatic heterocycles. The molecule has 0 saturated heterocycles. The third-order valence-electron chi connectivity index (χ3n) is 2.99. The van der Waals surface area contributed by atoms with Crippen LogP contribution in [0.4, 0.5) is 5.69 Å². The van der Waals surface area contributed by atoms with Gasteiger partial charge in [-0.15, -0.1) is 0 Å². The molecule has 2 rings (SSSR count). The van der Waals surface area contributed by atoms with Gasteiger partial charge in [0.15, 0.2) is 0 Å². The number of fused-ring (bicyclic) bond motifs is 1. The number of carbonyl (C=O) groups is 1. The van der Waals surface area contributed by atoms with Crippen molar-refractivity contribution in [1.82, 2.24) is 0 Å². The Kier molecular flexibility index (Phi) is 2.62. The van der Waals surface area contributed by atoms with Gasteiger partial charge in [0.25, 0.3) is 0 Å². The molecule has 1 aliphatic rings. The van der Waals surface area contributed by atoms with Crippen molar-refractivity contribution in [3.05, 3.63) is 23.8 Å². The van der Waals surface area contributed by atoms with Crippen molar-refractivity contribution in [2.45, 2.75) is 12.3 Å². The summed E-state index contributed by atoms with van der Waals surface area (Å²) in [6, 6.07) is 5.89. The van der Waals surface area contributed by atoms with Crippen LogP contribution >= 0.6 is 0 Å². The Morgan fingerprint density at radius 2 is 2.33 bits per heavy atom. The Morgan fingerprint density at radius 3 is 3.00 bits per heavy atom. The van der Waals surface area contributed by atoms with Crippen LogP contribution in [0.15, 0.2) is 18.2 Å². The lowest BCUT2D eigenvalue weighted by atomic mass is 9.91. The van der Waals surface area contributed by atoms with Crippen LogP contribution in [0.25, 0.3) is 0 Å². The van der Waals surface area contributed by atoms with Crippen molar-refractivity contribution in [2.24, 2.45) is 0 Å². The predicted molar refractivity (Wildman–Crippen MR) is 59.7 cm³/mol. The van der Waals surface area contributed by atoms with Gasteiger partial charge >= 0.3 is 0 Å². The van der Waals surface area contributed by atoms with Crippen LogP contribution < -0.4 is 9.64 Å². The normalized spacial score (nSPS) is 19.6. The Hall–Kier alpha value is -1.51. The van der Waals surface area contributed by atoms with Crippen molar-refractivity contribution in [1.29, 1.82) is 0 Å². The highest BCUT2D eigenvalue weighted by Gasteiger charge is 2.22. The van der Waals surface area contributed by atoms with Gasteiger partial charge in [-0.05, 0) is 18.1 Å². The minimum absolute atomic E-state index is 0.0436. The van der Waals surface area contributed by atoms with E-state index < -0.39 is 0 Å². The summed E-state index contributed by atoms with van der Waals surface area (Å²) >= 11 is 0. The number of aldehydes is 1. The second kappa shape index (κ2) is 3.93. The maximum Gasteiger partial charge on any atom is 0.127 e. The van der Waals surface area contributed by atoms with Crippen molar-refractivity contribution in [2.75, 3.05) is 25.6 Å². The highest BCUT2D eigenvalue weighted by molar-refractivity contribution is 5.71. The van der Waals surface area contributed by atoms with E-state index in [0.29, 0.717) is 0 Å². The largest absolute Gasteiger partial charge is 0.497 e. The molecule has 80 valence electrons. The van der Waals surface area contributed by atoms with E-state index in [1.165, 1.54) is 0 Å². The molecule has 3 heteroatoms. The van der Waals surface area contributed by atoms with Crippen molar-refractivity contribution < 1.29 is 9.53 Å². The Balaban J connectivity index is 2.46. The zero-order valence-electron chi connectivity index (χ0n) is 9.06. The molecule has 1 aliphatic heterocycles. The first-order chi connectivity index (χ1) is 7.26. The van der Waals surface area contributed by atoms with Gasteiger partial charge in [0.1, 0.15) is 12.0 Å². The molecule has 0 radical (unpaired) electrons. The smallest absolute Gasteiger partial charge is 0.127 e. The molecule has 1 heterocycles. The number of carbonyl (C=O) groups excluding carboxylic acids is 1. The molecular formula is C12H15NO2. The van der Waals surface area contributed by atoms with Gasteiger partial charge in [-0.3, -0.25) is 0 Å². The van der Waals surface area contributed by atoms with Crippen LogP contribution in [0.1, 0.15) is 17.9 Å². The Labute approximate surface area is 89.7 Å². The van der Waals surface area contributed by atoms with E-state index in [-0.39, 0.29) is 5.92 Å². The first-order valence-electron chi connectivity index (χ1n) is 5.10. The zero-order valence-corrected chi connectivity index (χ0v) is 9.06. The number of methoxy groups -OCH3 is 1. The monoisotopic (exact) mass is 205 g/mol. The minimum atomic E-state index is 0.0436. The molecule has 1 atom stereocenters. The summed E-state index contributed by atoms with van der Waals surface area (Å²) in [5, 5.41) is 0. The number of rotatable bonds is 2. The third-order valence-corrected chi connectivity index (χ3v) is 2.99. The molecule has 1 unspecified atom stereocenters. The first-order valence-corrected chi connectivity index (χ1v) is 5.10. The van der Waals surface area contributed by atoms with Crippen LogP contribution in [0.5, 0.6) is 5.75 Å². The fraction of sp³-hybridized carbons (Fsp3) is 0.417. The molecule has 0 N–H and O–H groups in total. The average molecular weight is 205 g/mol. The van der Waals surface area contributed by atoms with Crippen LogP contribution in [0, 0.1) is 0 Å². The standard InChI is InChI=1S/C12H15NO2/c1-13-6-5-9(8-14)11-4-3-10(15-2)7-12(11)13/h3-4,7-9H,5-6H2,1-2H3. The molecule has 0 saturated carbocycles. The number of ether oxygens (including phenoxy) is 1. The fourth-order valence-corrected chi connectivity index (χ4v) is 2.04. The van der Waals surface area contributed by atoms with Gasteiger partial charge < -0.3 is 14.4 Å². The molecular weight excluding hydrogens is 190 g/mol. The fourth-order valence-electron chi connectivity index (χ4n) is 2.04. The van der Waals surface area contributed by atoms with E-state index in [1.807, 2.05) is 25.2 Å². The Bertz CT molecular complexity index is 376. The van der Waals surface area contributed by atoms with Gasteiger partial charge in [0, 0.05) is 31.3 Å². The lowest BCUT2D eigenvalue weighted by Gasteiger charge is -2.31. The molecule has 3 nitrogen and oxygen atoms in total. The van der Waals surface area contributed by atoms with Crippen LogP contribution in [-0.2, 0) is 4.79 Å². The van der Waals surface area contributed by atoms with Gasteiger partial charge in [-0.1, -0.05) is 6.07 Å². The van der Waals surface area contributed by atoms with Crippen molar-refractivity contribution >= 4 is 12.0 Å². The highest BCUT2D eigenvalue weighted by atomic mass is 16.5. The highest BCUT2D eigenvalue weighted by Crippen LogP contribution is 2.35. The molecule has 15 heavy (non-hydrogen) atoms. The maximum atomic E-state index is 10.9. The number of hydrogen-bond acceptors (Lipinski definition) is 3. The second-order valence-electron chi connectivity index (χ2n) is 3.88. The predicted octanol–water partition coefficient (Wildman–Crippen LogP) is 1.82. The topological polar surface area (TPSA) is 29.5 Å². The molecule has 1 aromatic carbocycles. The molecule has 0 amide bonds. The second-order valence-corrected chi connectivity index (χ2v) is 3.88. The Morgan fingerprint density at radius 1 is 1.53 bits per heavy atom. The number of nitrogens with zero attached hydrogens (tertiary/aromatic N) is 1. The SMILES string of the molecule is COc1ccc2c(c1)N(C)CCC2C=O. The number of benzene rings is 1. The van der Waals surface area contributed by atoms with Gasteiger partial charge in [0.2, 0.25) is 0 Å². The summed E-state index contributed by atoms with van der Waals surface area (Å²) in [4.78, 5) is 13.1. The van der Waals surface area contributed by atoms with Crippen LogP contribution in [0.3, 0.4) is 0 Å². The lowest BCUT2D eigenvalue weighted by Crippen LogP contribution is -2.27. The summed E-state index contributed by atoms with van der Waals surface area (Å²) < 4.78 is 5.18. The quantitative estimate of drug-likeness (QED) is 0.690. The van der Waals surface area contributed by atoms with E-state index >= 15 is 0 Å². The van der Waals surface area contributed by atoms with E-state index in [2.05, 4.69) is 4.90 Å². The summed E-state index contributed by atoms with van der Waals surface area (Å²) in [7, 11) is 3.70. The summed E-state index contributed by atoms with van der Waals surface area (Å²) in [5.41, 5.74) is 2.22. The third kappa shape index (κ3) is 1.69. The van der Waals surface area contributed by atoms with E-state index in [0.717, 1.165) is 36.3 Å². The van der Waals surface area contributed by atoms with Gasteiger partial charge in [0.05, 0.1) is 7.11 Å². The van der Waals surface area contributed by atoms with E-state index in [4.69, 9.17) is 4.74 Å². The summed E-state index contributed by atoms with van der Waals surface area (Å²) in [6.07, 6.45) is 1.94. The summed E-state index contributed by atoms with van der Waals surface area (Å²) in [6.45, 7) is 0.920. The van der Waals surface area contributed by atoms with Crippen molar-refractivity contribution in [3.8, 4) is 5.75 Å². The lowest BCUT2D eigenvalue weighted by molar-refractivity contribution is -0.109. The minimum Gasteiger partial charge on any atom is -0.497 e. The average Bonchev–Trinajstić information content (AvgIpc) is 2.29. The van der Waals surface area contributed by atoms with Crippen LogP contribution in [-0.4, -0.2) is 27.0 Å². The number of anilines is 1. The van der Waals surface area contributed by atoms with Crippen molar-refractivity contribution in [3.63, 3.8) is 0 Å². The molecule has 1 aromatic rings. The first kappa shape index (κ1) is 10.0. The summed E-state index contributed by atoms with van der Waals surface area (Å²) in [5.74, 6) is 0.884. The van der Waals surface area contributed by atoms with E-state index in [1.54, 1.807) is 7.11 Å².